The zero-order chi connectivity index (χ0) is 18.6. The molecule has 0 aliphatic carbocycles. The van der Waals surface area contributed by atoms with E-state index in [4.69, 9.17) is 33.7 Å². The van der Waals surface area contributed by atoms with Crippen molar-refractivity contribution in [1.29, 1.82) is 0 Å². The number of hydrogen-bond donors (Lipinski definition) is 2. The quantitative estimate of drug-likeness (QED) is 0.603. The van der Waals surface area contributed by atoms with Crippen LogP contribution in [0, 0.1) is 5.92 Å². The van der Waals surface area contributed by atoms with Crippen LogP contribution in [0.1, 0.15) is 24.2 Å². The van der Waals surface area contributed by atoms with Gasteiger partial charge in [0, 0.05) is 21.8 Å². The zero-order valence-electron chi connectivity index (χ0n) is 13.8. The van der Waals surface area contributed by atoms with Gasteiger partial charge in [0.25, 0.3) is 5.91 Å². The van der Waals surface area contributed by atoms with Crippen LogP contribution in [-0.4, -0.2) is 17.9 Å². The number of nitrogens with one attached hydrogen (secondary N) is 1. The fraction of sp³-hybridized carbons (Fsp3) is 0.222. The molecule has 2 rings (SSSR count). The molecule has 0 unspecified atom stereocenters. The third-order valence-corrected chi connectivity index (χ3v) is 3.94. The Kier molecular flexibility index (Phi) is 6.42. The molecule has 2 aromatic carbocycles. The summed E-state index contributed by atoms with van der Waals surface area (Å²) in [4.78, 5) is 24.6. The molecule has 0 saturated heterocycles. The molecule has 0 aliphatic rings. The lowest BCUT2D eigenvalue weighted by Crippen LogP contribution is -2.38. The number of hydrogen-bond acceptors (Lipinski definition) is 4. The predicted octanol–water partition coefficient (Wildman–Crippen LogP) is 4.13. The normalized spacial score (nSPS) is 11.9. The summed E-state index contributed by atoms with van der Waals surface area (Å²) in [6, 6.07) is 10.3. The van der Waals surface area contributed by atoms with E-state index < -0.39 is 17.9 Å². The summed E-state index contributed by atoms with van der Waals surface area (Å²) < 4.78 is 5.30. The van der Waals surface area contributed by atoms with E-state index in [2.05, 4.69) is 5.32 Å². The van der Waals surface area contributed by atoms with Gasteiger partial charge in [-0.25, -0.2) is 4.79 Å². The molecular weight excluding hydrogens is 363 g/mol. The topological polar surface area (TPSA) is 81.4 Å². The fourth-order valence-electron chi connectivity index (χ4n) is 1.98. The molecule has 132 valence electrons. The molecule has 1 amide bonds. The van der Waals surface area contributed by atoms with Gasteiger partial charge in [-0.1, -0.05) is 43.1 Å². The van der Waals surface area contributed by atoms with Gasteiger partial charge >= 0.3 is 5.97 Å². The summed E-state index contributed by atoms with van der Waals surface area (Å²) >= 11 is 11.9. The average molecular weight is 381 g/mol. The Morgan fingerprint density at radius 3 is 2.40 bits per heavy atom. The molecule has 0 heterocycles. The minimum atomic E-state index is -0.803. The summed E-state index contributed by atoms with van der Waals surface area (Å²) in [7, 11) is 0. The first-order valence-electron chi connectivity index (χ1n) is 7.61. The van der Waals surface area contributed by atoms with Gasteiger partial charge in [0.05, 0.1) is 5.56 Å². The van der Waals surface area contributed by atoms with Crippen molar-refractivity contribution in [1.82, 2.24) is 0 Å². The molecule has 0 aromatic heterocycles. The molecular formula is C18H18Cl2N2O3. The number of esters is 1. The Morgan fingerprint density at radius 2 is 1.76 bits per heavy atom. The number of anilines is 1. The SMILES string of the molecule is CC(C)[C@H](N)C(=O)Oc1cc(Cl)ccc1C(=O)Nc1cccc(Cl)c1. The Labute approximate surface area is 156 Å². The van der Waals surface area contributed by atoms with Gasteiger partial charge in [-0.05, 0) is 36.2 Å². The predicted molar refractivity (Wildman–Crippen MR) is 99.3 cm³/mol. The zero-order valence-corrected chi connectivity index (χ0v) is 15.3. The largest absolute Gasteiger partial charge is 0.424 e. The highest BCUT2D eigenvalue weighted by Crippen LogP contribution is 2.26. The lowest BCUT2D eigenvalue weighted by molar-refractivity contribution is -0.136. The van der Waals surface area contributed by atoms with Gasteiger partial charge in [-0.3, -0.25) is 4.79 Å². The molecule has 2 aromatic rings. The maximum absolute atomic E-state index is 12.5. The molecule has 7 heteroatoms. The second kappa shape index (κ2) is 8.34. The van der Waals surface area contributed by atoms with Crippen molar-refractivity contribution in [3.63, 3.8) is 0 Å². The van der Waals surface area contributed by atoms with Gasteiger partial charge in [0.1, 0.15) is 11.8 Å². The molecule has 0 bridgehead atoms. The van der Waals surface area contributed by atoms with Crippen molar-refractivity contribution < 1.29 is 14.3 Å². The Bertz CT molecular complexity index is 794. The number of ether oxygens (including phenoxy) is 1. The van der Waals surface area contributed by atoms with E-state index in [9.17, 15) is 9.59 Å². The first kappa shape index (κ1) is 19.2. The number of benzene rings is 2. The van der Waals surface area contributed by atoms with Crippen LogP contribution >= 0.6 is 23.2 Å². The number of nitrogens with two attached hydrogens (primary N) is 1. The lowest BCUT2D eigenvalue weighted by atomic mass is 10.1. The summed E-state index contributed by atoms with van der Waals surface area (Å²) in [6.45, 7) is 3.60. The summed E-state index contributed by atoms with van der Waals surface area (Å²) in [6.07, 6.45) is 0. The van der Waals surface area contributed by atoms with E-state index in [0.29, 0.717) is 15.7 Å². The van der Waals surface area contributed by atoms with Gasteiger partial charge in [-0.15, -0.1) is 0 Å². The molecule has 25 heavy (non-hydrogen) atoms. The highest BCUT2D eigenvalue weighted by molar-refractivity contribution is 6.31. The van der Waals surface area contributed by atoms with Crippen LogP contribution in [0.3, 0.4) is 0 Å². The Morgan fingerprint density at radius 1 is 1.08 bits per heavy atom. The van der Waals surface area contributed by atoms with E-state index in [1.54, 1.807) is 38.1 Å². The summed E-state index contributed by atoms with van der Waals surface area (Å²) in [5.41, 5.74) is 6.47. The molecule has 0 fully saturated rings. The van der Waals surface area contributed by atoms with Crippen molar-refractivity contribution in [3.05, 3.63) is 58.1 Å². The first-order chi connectivity index (χ1) is 11.8. The van der Waals surface area contributed by atoms with Crippen LogP contribution in [0.4, 0.5) is 5.69 Å². The van der Waals surface area contributed by atoms with Gasteiger partial charge in [0.15, 0.2) is 0 Å². The van der Waals surface area contributed by atoms with Gasteiger partial charge in [0.2, 0.25) is 0 Å². The molecule has 0 radical (unpaired) electrons. The van der Waals surface area contributed by atoms with E-state index >= 15 is 0 Å². The second-order valence-corrected chi connectivity index (χ2v) is 6.67. The fourth-order valence-corrected chi connectivity index (χ4v) is 2.33. The highest BCUT2D eigenvalue weighted by atomic mass is 35.5. The third-order valence-electron chi connectivity index (χ3n) is 3.47. The minimum Gasteiger partial charge on any atom is -0.424 e. The van der Waals surface area contributed by atoms with E-state index in [1.165, 1.54) is 18.2 Å². The molecule has 1 atom stereocenters. The number of amides is 1. The average Bonchev–Trinajstić information content (AvgIpc) is 2.53. The molecule has 5 nitrogen and oxygen atoms in total. The maximum Gasteiger partial charge on any atom is 0.328 e. The number of rotatable bonds is 5. The first-order valence-corrected chi connectivity index (χ1v) is 8.37. The molecule has 0 aliphatic heterocycles. The minimum absolute atomic E-state index is 0.0492. The van der Waals surface area contributed by atoms with Crippen molar-refractivity contribution in [2.75, 3.05) is 5.32 Å². The number of halogens is 2. The van der Waals surface area contributed by atoms with Crippen LogP contribution in [0.2, 0.25) is 10.0 Å². The van der Waals surface area contributed by atoms with Crippen LogP contribution in [-0.2, 0) is 4.79 Å². The van der Waals surface area contributed by atoms with E-state index in [0.717, 1.165) is 0 Å². The second-order valence-electron chi connectivity index (χ2n) is 5.80. The van der Waals surface area contributed by atoms with E-state index in [1.807, 2.05) is 0 Å². The monoisotopic (exact) mass is 380 g/mol. The standard InChI is InChI=1S/C18H18Cl2N2O3/c1-10(2)16(21)18(24)25-15-9-12(20)6-7-14(15)17(23)22-13-5-3-4-11(19)8-13/h3-10,16H,21H2,1-2H3,(H,22,23)/t16-/m0/s1. The Hall–Kier alpha value is -2.08. The lowest BCUT2D eigenvalue weighted by Gasteiger charge is -2.16. The summed E-state index contributed by atoms with van der Waals surface area (Å²) in [5.74, 6) is -1.14. The van der Waals surface area contributed by atoms with Crippen molar-refractivity contribution in [2.24, 2.45) is 11.7 Å². The van der Waals surface area contributed by atoms with Gasteiger partial charge in [-0.2, -0.15) is 0 Å². The third kappa shape index (κ3) is 5.19. The molecule has 0 spiro atoms. The Balaban J connectivity index is 2.25. The van der Waals surface area contributed by atoms with E-state index in [-0.39, 0.29) is 17.2 Å². The van der Waals surface area contributed by atoms with Crippen LogP contribution in [0.25, 0.3) is 0 Å². The van der Waals surface area contributed by atoms with Gasteiger partial charge < -0.3 is 15.8 Å². The van der Waals surface area contributed by atoms with Crippen molar-refractivity contribution in [2.45, 2.75) is 19.9 Å². The maximum atomic E-state index is 12.5. The van der Waals surface area contributed by atoms with Crippen LogP contribution < -0.4 is 15.8 Å². The molecule has 0 saturated carbocycles. The number of carbonyl (C=O) groups is 2. The smallest absolute Gasteiger partial charge is 0.328 e. The van der Waals surface area contributed by atoms with Crippen LogP contribution in [0.5, 0.6) is 5.75 Å². The summed E-state index contributed by atoms with van der Waals surface area (Å²) in [5, 5.41) is 3.52. The van der Waals surface area contributed by atoms with Crippen molar-refractivity contribution in [3.8, 4) is 5.75 Å². The van der Waals surface area contributed by atoms with Crippen LogP contribution in [0.15, 0.2) is 42.5 Å². The number of carbonyl (C=O) groups excluding carboxylic acids is 2. The molecule has 3 N–H and O–H groups in total. The highest BCUT2D eigenvalue weighted by Gasteiger charge is 2.22. The van der Waals surface area contributed by atoms with Crippen molar-refractivity contribution >= 4 is 40.8 Å².